The molecule has 1 amide bonds. The molecule has 154 valence electrons. The van der Waals surface area contributed by atoms with Crippen LogP contribution in [0.1, 0.15) is 5.56 Å². The Bertz CT molecular complexity index is 1040. The second-order valence-corrected chi connectivity index (χ2v) is 9.66. The van der Waals surface area contributed by atoms with E-state index < -0.39 is 16.1 Å². The van der Waals surface area contributed by atoms with E-state index in [-0.39, 0.29) is 10.8 Å². The molecule has 4 rings (SSSR count). The van der Waals surface area contributed by atoms with E-state index in [0.29, 0.717) is 49.1 Å². The Morgan fingerprint density at radius 2 is 1.90 bits per heavy atom. The van der Waals surface area contributed by atoms with Gasteiger partial charge in [0.25, 0.3) is 5.91 Å². The first-order chi connectivity index (χ1) is 13.8. The normalized spacial score (nSPS) is 20.1. The summed E-state index contributed by atoms with van der Waals surface area (Å²) < 4.78 is 33.0. The van der Waals surface area contributed by atoms with Gasteiger partial charge in [0.1, 0.15) is 5.75 Å². The Labute approximate surface area is 175 Å². The average Bonchev–Trinajstić information content (AvgIpc) is 3.12. The average molecular weight is 436 g/mol. The van der Waals surface area contributed by atoms with E-state index in [1.54, 1.807) is 36.4 Å². The molecular formula is C20H22ClN3O4S. The highest BCUT2D eigenvalue weighted by Gasteiger charge is 2.30. The molecule has 1 atom stereocenters. The minimum atomic E-state index is -3.60. The van der Waals surface area contributed by atoms with Crippen LogP contribution in [0.15, 0.2) is 47.4 Å². The van der Waals surface area contributed by atoms with E-state index in [1.807, 2.05) is 7.05 Å². The van der Waals surface area contributed by atoms with Gasteiger partial charge in [0.2, 0.25) is 10.0 Å². The molecule has 1 fully saturated rings. The minimum absolute atomic E-state index is 0.169. The van der Waals surface area contributed by atoms with Crippen LogP contribution in [0.3, 0.4) is 0 Å². The summed E-state index contributed by atoms with van der Waals surface area (Å²) in [5.41, 5.74) is 1.30. The summed E-state index contributed by atoms with van der Waals surface area (Å²) in [5, 5.41) is 3.36. The maximum absolute atomic E-state index is 12.9. The van der Waals surface area contributed by atoms with E-state index in [0.717, 1.165) is 5.56 Å². The minimum Gasteiger partial charge on any atom is -0.480 e. The maximum atomic E-state index is 12.9. The largest absolute Gasteiger partial charge is 0.480 e. The third-order valence-corrected chi connectivity index (χ3v) is 7.32. The number of carbonyl (C=O) groups excluding carboxylic acids is 1. The van der Waals surface area contributed by atoms with E-state index in [4.69, 9.17) is 16.3 Å². The number of rotatable bonds is 4. The van der Waals surface area contributed by atoms with Crippen LogP contribution >= 0.6 is 11.6 Å². The number of hydrogen-bond acceptors (Lipinski definition) is 5. The van der Waals surface area contributed by atoms with Gasteiger partial charge in [0, 0.05) is 43.3 Å². The molecule has 0 radical (unpaired) electrons. The van der Waals surface area contributed by atoms with Crippen LogP contribution in [-0.2, 0) is 21.2 Å². The lowest BCUT2D eigenvalue weighted by Crippen LogP contribution is -2.47. The standard InChI is InChI=1S/C20H22ClN3O4S/c1-23-7-9-24(10-8-23)29(26,27)17-4-2-3-16(13-17)22-20(25)19-12-14-11-15(21)5-6-18(14)28-19/h2-6,11,13,19H,7-10,12H2,1H3,(H,22,25). The number of sulfonamides is 1. The van der Waals surface area contributed by atoms with Crippen LogP contribution in [0.5, 0.6) is 5.75 Å². The number of halogens is 1. The first-order valence-electron chi connectivity index (χ1n) is 9.37. The number of nitrogens with zero attached hydrogens (tertiary/aromatic N) is 2. The number of amides is 1. The topological polar surface area (TPSA) is 79.0 Å². The lowest BCUT2D eigenvalue weighted by molar-refractivity contribution is -0.122. The highest BCUT2D eigenvalue weighted by molar-refractivity contribution is 7.89. The fourth-order valence-corrected chi connectivity index (χ4v) is 5.16. The monoisotopic (exact) mass is 435 g/mol. The number of benzene rings is 2. The number of hydrogen-bond donors (Lipinski definition) is 1. The third-order valence-electron chi connectivity index (χ3n) is 5.19. The van der Waals surface area contributed by atoms with Crippen LogP contribution < -0.4 is 10.1 Å². The van der Waals surface area contributed by atoms with Gasteiger partial charge in [-0.25, -0.2) is 8.42 Å². The predicted molar refractivity (Wildman–Crippen MR) is 111 cm³/mol. The van der Waals surface area contributed by atoms with Crippen LogP contribution in [0, 0.1) is 0 Å². The zero-order valence-electron chi connectivity index (χ0n) is 16.0. The molecule has 0 spiro atoms. The van der Waals surface area contributed by atoms with Gasteiger partial charge in [-0.15, -0.1) is 0 Å². The Morgan fingerprint density at radius 3 is 2.66 bits per heavy atom. The first kappa shape index (κ1) is 20.2. The Hall–Kier alpha value is -2.13. The van der Waals surface area contributed by atoms with E-state index >= 15 is 0 Å². The molecule has 9 heteroatoms. The second kappa shape index (κ2) is 7.95. The summed E-state index contributed by atoms with van der Waals surface area (Å²) in [4.78, 5) is 14.9. The molecule has 0 bridgehead atoms. The lowest BCUT2D eigenvalue weighted by Gasteiger charge is -2.31. The molecule has 29 heavy (non-hydrogen) atoms. The van der Waals surface area contributed by atoms with E-state index in [1.165, 1.54) is 10.4 Å². The van der Waals surface area contributed by atoms with Gasteiger partial charge in [-0.05, 0) is 49.0 Å². The van der Waals surface area contributed by atoms with Crippen molar-refractivity contribution in [2.45, 2.75) is 17.4 Å². The summed E-state index contributed by atoms with van der Waals surface area (Å²) in [6, 6.07) is 11.6. The molecule has 1 N–H and O–H groups in total. The summed E-state index contributed by atoms with van der Waals surface area (Å²) >= 11 is 5.99. The molecule has 0 aromatic heterocycles. The van der Waals surface area contributed by atoms with E-state index in [9.17, 15) is 13.2 Å². The highest BCUT2D eigenvalue weighted by Crippen LogP contribution is 2.31. The molecular weight excluding hydrogens is 414 g/mol. The maximum Gasteiger partial charge on any atom is 0.265 e. The predicted octanol–water partition coefficient (Wildman–Crippen LogP) is 2.22. The number of fused-ring (bicyclic) bond motifs is 1. The molecule has 2 aliphatic heterocycles. The fraction of sp³-hybridized carbons (Fsp3) is 0.350. The van der Waals surface area contributed by atoms with Gasteiger partial charge in [-0.2, -0.15) is 4.31 Å². The van der Waals surface area contributed by atoms with Gasteiger partial charge in [-0.1, -0.05) is 17.7 Å². The highest BCUT2D eigenvalue weighted by atomic mass is 35.5. The molecule has 7 nitrogen and oxygen atoms in total. The Morgan fingerprint density at radius 1 is 1.14 bits per heavy atom. The van der Waals surface area contributed by atoms with Crippen LogP contribution in [-0.4, -0.2) is 62.9 Å². The van der Waals surface area contributed by atoms with Crippen LogP contribution in [0.2, 0.25) is 5.02 Å². The van der Waals surface area contributed by atoms with Gasteiger partial charge in [0.05, 0.1) is 4.90 Å². The van der Waals surface area contributed by atoms with Crippen molar-refractivity contribution in [3.05, 3.63) is 53.1 Å². The molecule has 0 aliphatic carbocycles. The number of anilines is 1. The Balaban J connectivity index is 1.46. The fourth-order valence-electron chi connectivity index (χ4n) is 3.50. The van der Waals surface area contributed by atoms with Crippen molar-refractivity contribution in [1.29, 1.82) is 0 Å². The van der Waals surface area contributed by atoms with Crippen molar-refractivity contribution in [2.75, 3.05) is 38.5 Å². The van der Waals surface area contributed by atoms with Crippen molar-refractivity contribution < 1.29 is 17.9 Å². The van der Waals surface area contributed by atoms with Gasteiger partial charge >= 0.3 is 0 Å². The smallest absolute Gasteiger partial charge is 0.265 e. The van der Waals surface area contributed by atoms with Crippen molar-refractivity contribution in [3.63, 3.8) is 0 Å². The molecule has 2 aromatic carbocycles. The molecule has 1 unspecified atom stereocenters. The summed E-state index contributed by atoms with van der Waals surface area (Å²) in [6.07, 6.45) is -0.262. The van der Waals surface area contributed by atoms with Crippen LogP contribution in [0.25, 0.3) is 0 Å². The molecule has 2 heterocycles. The van der Waals surface area contributed by atoms with Crippen molar-refractivity contribution in [3.8, 4) is 5.75 Å². The lowest BCUT2D eigenvalue weighted by atomic mass is 10.1. The zero-order chi connectivity index (χ0) is 20.6. The van der Waals surface area contributed by atoms with Gasteiger partial charge < -0.3 is 15.0 Å². The van der Waals surface area contributed by atoms with E-state index in [2.05, 4.69) is 10.2 Å². The zero-order valence-corrected chi connectivity index (χ0v) is 17.5. The molecule has 1 saturated heterocycles. The van der Waals surface area contributed by atoms with Crippen LogP contribution in [0.4, 0.5) is 5.69 Å². The molecule has 2 aliphatic rings. The Kier molecular flexibility index (Phi) is 5.52. The third kappa shape index (κ3) is 4.25. The summed E-state index contributed by atoms with van der Waals surface area (Å²) in [5.74, 6) is 0.312. The van der Waals surface area contributed by atoms with Crippen molar-refractivity contribution in [2.24, 2.45) is 0 Å². The first-order valence-corrected chi connectivity index (χ1v) is 11.2. The molecule has 2 aromatic rings. The quantitative estimate of drug-likeness (QED) is 0.796. The number of carbonyl (C=O) groups is 1. The van der Waals surface area contributed by atoms with Crippen molar-refractivity contribution in [1.82, 2.24) is 9.21 Å². The number of nitrogens with one attached hydrogen (secondary N) is 1. The second-order valence-electron chi connectivity index (χ2n) is 7.29. The van der Waals surface area contributed by atoms with Gasteiger partial charge in [-0.3, -0.25) is 4.79 Å². The SMILES string of the molecule is CN1CCN(S(=O)(=O)c2cccc(NC(=O)C3Cc4cc(Cl)ccc4O3)c2)CC1. The summed E-state index contributed by atoms with van der Waals surface area (Å²) in [7, 11) is -1.63. The van der Waals surface area contributed by atoms with Gasteiger partial charge in [0.15, 0.2) is 6.10 Å². The summed E-state index contributed by atoms with van der Waals surface area (Å²) in [6.45, 7) is 2.29. The number of ether oxygens (including phenoxy) is 1. The molecule has 0 saturated carbocycles. The number of piperazine rings is 1. The van der Waals surface area contributed by atoms with Crippen molar-refractivity contribution >= 4 is 33.2 Å². The number of likely N-dealkylation sites (N-methyl/N-ethyl adjacent to an activating group) is 1.